The zero-order valence-corrected chi connectivity index (χ0v) is 16.7. The van der Waals surface area contributed by atoms with E-state index < -0.39 is 0 Å². The van der Waals surface area contributed by atoms with E-state index in [1.54, 1.807) is 12.4 Å². The maximum Gasteiger partial charge on any atom is 0.180 e. The first-order valence-electron chi connectivity index (χ1n) is 9.29. The summed E-state index contributed by atoms with van der Waals surface area (Å²) in [5.41, 5.74) is 10.5. The normalized spacial score (nSPS) is 12.1. The van der Waals surface area contributed by atoms with Gasteiger partial charge in [0.15, 0.2) is 5.17 Å². The summed E-state index contributed by atoms with van der Waals surface area (Å²) in [5, 5.41) is 9.84. The Morgan fingerprint density at radius 2 is 1.90 bits per heavy atom. The van der Waals surface area contributed by atoms with E-state index in [0.717, 1.165) is 23.2 Å². The van der Waals surface area contributed by atoms with E-state index in [1.807, 2.05) is 36.5 Å². The quantitative estimate of drug-likeness (QED) is 0.291. The van der Waals surface area contributed by atoms with E-state index in [1.165, 1.54) is 28.4 Å². The Kier molecular flexibility index (Phi) is 6.02. The fourth-order valence-corrected chi connectivity index (χ4v) is 3.65. The van der Waals surface area contributed by atoms with Gasteiger partial charge in [0.05, 0.1) is 6.21 Å². The predicted molar refractivity (Wildman–Crippen MR) is 122 cm³/mol. The summed E-state index contributed by atoms with van der Waals surface area (Å²) < 4.78 is 2.21. The average molecular weight is 400 g/mol. The zero-order chi connectivity index (χ0) is 19.9. The number of amidine groups is 1. The average Bonchev–Trinajstić information content (AvgIpc) is 3.16. The molecule has 0 aliphatic heterocycles. The first kappa shape index (κ1) is 19.0. The number of aromatic nitrogens is 2. The molecule has 4 rings (SSSR count). The van der Waals surface area contributed by atoms with Gasteiger partial charge in [-0.15, -0.1) is 5.10 Å². The summed E-state index contributed by atoms with van der Waals surface area (Å²) in [6.07, 6.45) is 7.51. The second-order valence-electron chi connectivity index (χ2n) is 6.58. The van der Waals surface area contributed by atoms with Gasteiger partial charge in [-0.25, -0.2) is 0 Å². The van der Waals surface area contributed by atoms with Crippen LogP contribution >= 0.6 is 11.8 Å². The highest BCUT2D eigenvalue weighted by Gasteiger charge is 2.03. The number of nitrogens with two attached hydrogens (primary N) is 1. The number of thioether (sulfide) groups is 1. The molecule has 2 aromatic heterocycles. The van der Waals surface area contributed by atoms with Gasteiger partial charge in [0.2, 0.25) is 0 Å². The summed E-state index contributed by atoms with van der Waals surface area (Å²) >= 11 is 1.48. The third-order valence-corrected chi connectivity index (χ3v) is 5.32. The lowest BCUT2D eigenvalue weighted by Crippen LogP contribution is -2.05. The molecule has 2 N–H and O–H groups in total. The van der Waals surface area contributed by atoms with Gasteiger partial charge < -0.3 is 10.3 Å². The summed E-state index contributed by atoms with van der Waals surface area (Å²) in [7, 11) is 0. The van der Waals surface area contributed by atoms with Crippen LogP contribution in [0.2, 0.25) is 0 Å². The molecule has 0 radical (unpaired) electrons. The smallest absolute Gasteiger partial charge is 0.180 e. The van der Waals surface area contributed by atoms with Crippen LogP contribution in [-0.2, 0) is 12.3 Å². The van der Waals surface area contributed by atoms with Crippen LogP contribution in [0.4, 0.5) is 0 Å². The van der Waals surface area contributed by atoms with Crippen LogP contribution in [0.25, 0.3) is 10.9 Å². The minimum absolute atomic E-state index is 0.453. The van der Waals surface area contributed by atoms with E-state index in [2.05, 4.69) is 62.3 Å². The molecule has 0 saturated carbocycles. The molecule has 0 spiro atoms. The summed E-state index contributed by atoms with van der Waals surface area (Å²) in [6.45, 7) is 0.796. The van der Waals surface area contributed by atoms with Crippen molar-refractivity contribution in [2.45, 2.75) is 12.3 Å². The second-order valence-corrected chi connectivity index (χ2v) is 7.58. The molecule has 0 aliphatic carbocycles. The Hall–Kier alpha value is -3.38. The molecule has 6 heteroatoms. The fourth-order valence-electron chi connectivity index (χ4n) is 3.04. The molecule has 0 saturated heterocycles. The van der Waals surface area contributed by atoms with Crippen molar-refractivity contribution < 1.29 is 0 Å². The first-order valence-corrected chi connectivity index (χ1v) is 10.3. The molecule has 29 heavy (non-hydrogen) atoms. The van der Waals surface area contributed by atoms with Gasteiger partial charge in [0.25, 0.3) is 0 Å². The lowest BCUT2D eigenvalue weighted by Gasteiger charge is -2.05. The van der Waals surface area contributed by atoms with Crippen molar-refractivity contribution >= 4 is 34.0 Å². The van der Waals surface area contributed by atoms with E-state index >= 15 is 0 Å². The SMILES string of the molecule is NC(=NN=Cc1ccc2c(ccn2Cc2cccnc2)c1)SCc1ccccc1. The molecule has 0 bridgehead atoms. The number of nitrogens with zero attached hydrogens (tertiary/aromatic N) is 4. The van der Waals surface area contributed by atoms with Crippen LogP contribution in [0.3, 0.4) is 0 Å². The van der Waals surface area contributed by atoms with Crippen LogP contribution < -0.4 is 5.73 Å². The van der Waals surface area contributed by atoms with Crippen molar-refractivity contribution in [1.29, 1.82) is 0 Å². The van der Waals surface area contributed by atoms with Crippen molar-refractivity contribution in [1.82, 2.24) is 9.55 Å². The largest absolute Gasteiger partial charge is 0.377 e. The number of benzene rings is 2. The topological polar surface area (TPSA) is 68.6 Å². The lowest BCUT2D eigenvalue weighted by molar-refractivity contribution is 0.831. The van der Waals surface area contributed by atoms with Crippen LogP contribution in [0.1, 0.15) is 16.7 Å². The zero-order valence-electron chi connectivity index (χ0n) is 15.8. The van der Waals surface area contributed by atoms with Gasteiger partial charge in [-0.05, 0) is 41.0 Å². The van der Waals surface area contributed by atoms with Crippen molar-refractivity contribution in [3.63, 3.8) is 0 Å². The van der Waals surface area contributed by atoms with Gasteiger partial charge in [-0.3, -0.25) is 4.98 Å². The standard InChI is InChI=1S/C23H21N5S/c24-23(29-17-18-5-2-1-3-6-18)27-26-15-19-8-9-22-21(13-19)10-12-28(22)16-20-7-4-11-25-14-20/h1-15H,16-17H2,(H2,24,27). The van der Waals surface area contributed by atoms with E-state index in [0.29, 0.717) is 5.17 Å². The highest BCUT2D eigenvalue weighted by molar-refractivity contribution is 8.13. The third-order valence-electron chi connectivity index (χ3n) is 4.46. The van der Waals surface area contributed by atoms with Gasteiger partial charge in [0.1, 0.15) is 0 Å². The maximum atomic E-state index is 5.94. The Morgan fingerprint density at radius 3 is 2.72 bits per heavy atom. The molecule has 0 atom stereocenters. The van der Waals surface area contributed by atoms with Gasteiger partial charge in [0, 0.05) is 41.8 Å². The first-order chi connectivity index (χ1) is 14.3. The summed E-state index contributed by atoms with van der Waals surface area (Å²) in [5.74, 6) is 0.780. The van der Waals surface area contributed by atoms with Crippen molar-refractivity contribution in [3.8, 4) is 0 Å². The van der Waals surface area contributed by atoms with Crippen LogP contribution in [-0.4, -0.2) is 20.9 Å². The fraction of sp³-hybridized carbons (Fsp3) is 0.0870. The van der Waals surface area contributed by atoms with E-state index in [4.69, 9.17) is 5.73 Å². The van der Waals surface area contributed by atoms with Gasteiger partial charge in [-0.2, -0.15) is 5.10 Å². The van der Waals surface area contributed by atoms with Crippen molar-refractivity contribution in [2.24, 2.45) is 15.9 Å². The Bertz CT molecular complexity index is 1130. The van der Waals surface area contributed by atoms with E-state index in [9.17, 15) is 0 Å². The molecule has 0 aliphatic rings. The number of rotatable bonds is 6. The number of hydrogen-bond donors (Lipinski definition) is 1. The molecule has 0 unspecified atom stereocenters. The van der Waals surface area contributed by atoms with Crippen LogP contribution in [0.15, 0.2) is 95.5 Å². The van der Waals surface area contributed by atoms with Crippen molar-refractivity contribution in [3.05, 3.63) is 102 Å². The second kappa shape index (κ2) is 9.21. The molecular formula is C23H21N5S. The summed E-state index contributed by atoms with van der Waals surface area (Å²) in [6, 6.07) is 22.6. The van der Waals surface area contributed by atoms with Crippen LogP contribution in [0.5, 0.6) is 0 Å². The highest BCUT2D eigenvalue weighted by atomic mass is 32.2. The minimum atomic E-state index is 0.453. The molecule has 0 amide bonds. The molecular weight excluding hydrogens is 378 g/mol. The molecule has 0 fully saturated rings. The number of hydrogen-bond acceptors (Lipinski definition) is 4. The molecule has 2 heterocycles. The number of fused-ring (bicyclic) bond motifs is 1. The van der Waals surface area contributed by atoms with Gasteiger partial charge in [-0.1, -0.05) is 54.2 Å². The van der Waals surface area contributed by atoms with Crippen molar-refractivity contribution in [2.75, 3.05) is 0 Å². The summed E-state index contributed by atoms with van der Waals surface area (Å²) in [4.78, 5) is 4.18. The molecule has 144 valence electrons. The maximum absolute atomic E-state index is 5.94. The molecule has 5 nitrogen and oxygen atoms in total. The van der Waals surface area contributed by atoms with Crippen LogP contribution in [0, 0.1) is 0 Å². The molecule has 4 aromatic rings. The highest BCUT2D eigenvalue weighted by Crippen LogP contribution is 2.18. The Labute approximate surface area is 174 Å². The molecule has 2 aromatic carbocycles. The predicted octanol–water partition coefficient (Wildman–Crippen LogP) is 4.67. The third kappa shape index (κ3) is 5.12. The Morgan fingerprint density at radius 1 is 1.03 bits per heavy atom. The lowest BCUT2D eigenvalue weighted by atomic mass is 10.2. The van der Waals surface area contributed by atoms with Gasteiger partial charge >= 0.3 is 0 Å². The number of pyridine rings is 1. The minimum Gasteiger partial charge on any atom is -0.377 e. The monoisotopic (exact) mass is 399 g/mol. The van der Waals surface area contributed by atoms with E-state index in [-0.39, 0.29) is 0 Å². The Balaban J connectivity index is 1.40.